The van der Waals surface area contributed by atoms with Gasteiger partial charge in [-0.15, -0.1) is 18.3 Å². The van der Waals surface area contributed by atoms with Crippen LogP contribution >= 0.6 is 0 Å². The summed E-state index contributed by atoms with van der Waals surface area (Å²) in [7, 11) is 0. The smallest absolute Gasteiger partial charge is 0.352 e. The number of nitrogens with zero attached hydrogens (tertiary/aromatic N) is 4. The lowest BCUT2D eigenvalue weighted by Crippen LogP contribution is -2.24. The normalized spacial score (nSPS) is 15.1. The average Bonchev–Trinajstić information content (AvgIpc) is 3.55. The number of nitrogens with one attached hydrogen (secondary N) is 3. The molecule has 1 aliphatic carbocycles. The Labute approximate surface area is 239 Å². The van der Waals surface area contributed by atoms with Gasteiger partial charge in [-0.25, -0.2) is 13.8 Å². The molecule has 2 aromatic heterocycles. The number of amides is 2. The summed E-state index contributed by atoms with van der Waals surface area (Å²) in [6.07, 6.45) is -7.28. The Morgan fingerprint density at radius 1 is 1.02 bits per heavy atom. The number of halogens is 8. The van der Waals surface area contributed by atoms with Gasteiger partial charge in [0.15, 0.2) is 5.69 Å². The Bertz CT molecular complexity index is 1350. The topological polar surface area (TPSA) is 127 Å². The third kappa shape index (κ3) is 12.5. The van der Waals surface area contributed by atoms with Crippen molar-refractivity contribution in [1.29, 1.82) is 0 Å². The molecule has 0 atom stereocenters. The predicted molar refractivity (Wildman–Crippen MR) is 134 cm³/mol. The molecule has 0 saturated heterocycles. The molecule has 1 aromatic carbocycles. The summed E-state index contributed by atoms with van der Waals surface area (Å²) in [5.74, 6) is -3.29. The largest absolute Gasteiger partial charge is 0.522 e. The second kappa shape index (κ2) is 14.6. The van der Waals surface area contributed by atoms with Gasteiger partial charge in [0.25, 0.3) is 5.91 Å². The number of benzene rings is 1. The molecule has 1 saturated carbocycles. The van der Waals surface area contributed by atoms with Crippen molar-refractivity contribution in [2.24, 2.45) is 0 Å². The van der Waals surface area contributed by atoms with E-state index in [9.17, 15) is 44.7 Å². The lowest BCUT2D eigenvalue weighted by Gasteiger charge is -2.20. The minimum absolute atomic E-state index is 0.0267. The number of fused-ring (bicyclic) bond motifs is 1. The Hall–Kier alpha value is -3.83. The molecule has 238 valence electrons. The molecular weight excluding hydrogens is 598 g/mol. The van der Waals surface area contributed by atoms with Gasteiger partial charge in [-0.05, 0) is 30.5 Å². The second-order valence-electron chi connectivity index (χ2n) is 9.65. The van der Waals surface area contributed by atoms with Gasteiger partial charge >= 0.3 is 12.5 Å². The minimum atomic E-state index is -4.77. The van der Waals surface area contributed by atoms with Gasteiger partial charge in [0.2, 0.25) is 11.8 Å². The van der Waals surface area contributed by atoms with Crippen molar-refractivity contribution in [1.82, 2.24) is 35.6 Å². The van der Waals surface area contributed by atoms with Crippen molar-refractivity contribution < 1.29 is 49.4 Å². The Morgan fingerprint density at radius 3 is 2.37 bits per heavy atom. The molecular formula is C25H29F8N7O3. The zero-order chi connectivity index (χ0) is 31.7. The van der Waals surface area contributed by atoms with Crippen LogP contribution in [0.5, 0.6) is 0 Å². The van der Waals surface area contributed by atoms with Crippen LogP contribution in [0.4, 0.5) is 35.1 Å². The van der Waals surface area contributed by atoms with Crippen LogP contribution in [-0.4, -0.2) is 61.8 Å². The molecule has 0 spiro atoms. The van der Waals surface area contributed by atoms with E-state index in [2.05, 4.69) is 35.5 Å². The summed E-state index contributed by atoms with van der Waals surface area (Å²) in [5, 5.41) is 12.4. The SMILES string of the molecule is FC1(F)CCCCC1.O=C(CCC(F)(F)F)NCc1ccc2nc(CNC(=O)c3cnn(CCOC(F)(F)F)n3)[nH]c2c1. The molecule has 3 N–H and O–H groups in total. The summed E-state index contributed by atoms with van der Waals surface area (Å²) in [4.78, 5) is 31.9. The van der Waals surface area contributed by atoms with E-state index in [0.29, 0.717) is 35.3 Å². The third-order valence-electron chi connectivity index (χ3n) is 6.05. The van der Waals surface area contributed by atoms with Gasteiger partial charge in [0.1, 0.15) is 5.82 Å². The molecule has 0 unspecified atom stereocenters. The molecule has 0 bridgehead atoms. The van der Waals surface area contributed by atoms with Crippen molar-refractivity contribution in [3.05, 3.63) is 41.5 Å². The van der Waals surface area contributed by atoms with Crippen LogP contribution in [0.1, 0.15) is 66.8 Å². The number of carbonyl (C=O) groups is 2. The monoisotopic (exact) mass is 627 g/mol. The summed E-state index contributed by atoms with van der Waals surface area (Å²) in [5.41, 5.74) is 1.64. The first-order valence-corrected chi connectivity index (χ1v) is 13.2. The summed E-state index contributed by atoms with van der Waals surface area (Å²) >= 11 is 0. The lowest BCUT2D eigenvalue weighted by atomic mass is 9.97. The van der Waals surface area contributed by atoms with Crippen molar-refractivity contribution in [3.8, 4) is 0 Å². The van der Waals surface area contributed by atoms with Gasteiger partial charge in [0.05, 0.1) is 43.3 Å². The van der Waals surface area contributed by atoms with E-state index in [1.165, 1.54) is 0 Å². The molecule has 18 heteroatoms. The molecule has 1 aliphatic rings. The highest BCUT2D eigenvalue weighted by Crippen LogP contribution is 2.32. The van der Waals surface area contributed by atoms with E-state index in [-0.39, 0.29) is 38.2 Å². The molecule has 1 fully saturated rings. The summed E-state index contributed by atoms with van der Waals surface area (Å²) in [6.45, 7) is -1.01. The van der Waals surface area contributed by atoms with Gasteiger partial charge < -0.3 is 15.6 Å². The van der Waals surface area contributed by atoms with Gasteiger partial charge in [-0.1, -0.05) is 12.5 Å². The van der Waals surface area contributed by atoms with E-state index >= 15 is 0 Å². The highest BCUT2D eigenvalue weighted by molar-refractivity contribution is 5.91. The zero-order valence-corrected chi connectivity index (χ0v) is 22.6. The Morgan fingerprint density at radius 2 is 1.74 bits per heavy atom. The molecule has 0 radical (unpaired) electrons. The van der Waals surface area contributed by atoms with Crippen LogP contribution in [-0.2, 0) is 29.2 Å². The minimum Gasteiger partial charge on any atom is -0.352 e. The van der Waals surface area contributed by atoms with Crippen LogP contribution < -0.4 is 10.6 Å². The van der Waals surface area contributed by atoms with E-state index in [1.54, 1.807) is 18.2 Å². The van der Waals surface area contributed by atoms with Crippen LogP contribution in [0.2, 0.25) is 0 Å². The zero-order valence-electron chi connectivity index (χ0n) is 22.6. The standard InChI is InChI=1S/C19H19F6N7O3.C6H10F2/c20-18(21,22)4-3-16(33)26-8-11-1-2-12-13(7-11)30-15(29-12)10-27-17(34)14-9-28-32(31-14)5-6-35-19(23,24)25;7-6(8)4-2-1-3-5-6/h1-2,7,9H,3-6,8,10H2,(H,26,33)(H,27,34)(H,29,30);1-5H2. The van der Waals surface area contributed by atoms with Crippen LogP contribution in [0.15, 0.2) is 24.4 Å². The van der Waals surface area contributed by atoms with E-state index in [1.807, 2.05) is 0 Å². The number of aromatic amines is 1. The first-order chi connectivity index (χ1) is 20.1. The summed E-state index contributed by atoms with van der Waals surface area (Å²) in [6, 6.07) is 4.95. The molecule has 0 aliphatic heterocycles. The van der Waals surface area contributed by atoms with Crippen molar-refractivity contribution in [2.45, 2.75) is 83.0 Å². The predicted octanol–water partition coefficient (Wildman–Crippen LogP) is 5.17. The fourth-order valence-electron chi connectivity index (χ4n) is 3.92. The van der Waals surface area contributed by atoms with Gasteiger partial charge in [-0.3, -0.25) is 14.3 Å². The highest BCUT2D eigenvalue weighted by atomic mass is 19.4. The van der Waals surface area contributed by atoms with Gasteiger partial charge in [0, 0.05) is 25.8 Å². The quantitative estimate of drug-likeness (QED) is 0.267. The van der Waals surface area contributed by atoms with Gasteiger partial charge in [-0.2, -0.15) is 23.1 Å². The fourth-order valence-corrected chi connectivity index (χ4v) is 3.92. The number of carbonyl (C=O) groups excluding carboxylic acids is 2. The van der Waals surface area contributed by atoms with Crippen LogP contribution in [0, 0.1) is 0 Å². The first-order valence-electron chi connectivity index (χ1n) is 13.2. The number of aromatic nitrogens is 5. The number of imidazole rings is 1. The molecule has 2 amide bonds. The maximum atomic E-state index is 12.2. The highest BCUT2D eigenvalue weighted by Gasteiger charge is 2.30. The lowest BCUT2D eigenvalue weighted by molar-refractivity contribution is -0.325. The maximum Gasteiger partial charge on any atom is 0.522 e. The van der Waals surface area contributed by atoms with Crippen LogP contribution in [0.25, 0.3) is 11.0 Å². The molecule has 10 nitrogen and oxygen atoms in total. The summed E-state index contributed by atoms with van der Waals surface area (Å²) < 4.78 is 101. The van der Waals surface area contributed by atoms with E-state index in [0.717, 1.165) is 17.4 Å². The Balaban J connectivity index is 0.000000546. The Kier molecular flexibility index (Phi) is 11.4. The number of H-pyrrole nitrogens is 1. The number of hydrogen-bond donors (Lipinski definition) is 3. The number of ether oxygens (including phenoxy) is 1. The maximum absolute atomic E-state index is 12.2. The average molecular weight is 628 g/mol. The number of rotatable bonds is 10. The molecule has 43 heavy (non-hydrogen) atoms. The molecule has 4 rings (SSSR count). The van der Waals surface area contributed by atoms with Crippen LogP contribution in [0.3, 0.4) is 0 Å². The van der Waals surface area contributed by atoms with E-state index in [4.69, 9.17) is 0 Å². The third-order valence-corrected chi connectivity index (χ3v) is 6.05. The fraction of sp³-hybridized carbons (Fsp3) is 0.560. The molecule has 3 aromatic rings. The number of hydrogen-bond acceptors (Lipinski definition) is 6. The van der Waals surface area contributed by atoms with Crippen molar-refractivity contribution in [2.75, 3.05) is 6.61 Å². The van der Waals surface area contributed by atoms with Crippen molar-refractivity contribution >= 4 is 22.8 Å². The second-order valence-corrected chi connectivity index (χ2v) is 9.65. The number of alkyl halides is 8. The van der Waals surface area contributed by atoms with Crippen molar-refractivity contribution in [3.63, 3.8) is 0 Å². The molecule has 2 heterocycles. The van der Waals surface area contributed by atoms with E-state index < -0.39 is 49.7 Å². The first kappa shape index (κ1) is 33.7.